The first-order chi connectivity index (χ1) is 5.14. The second kappa shape index (κ2) is 3.52. The molecule has 0 aliphatic rings. The van der Waals surface area contributed by atoms with Crippen molar-refractivity contribution in [3.8, 4) is 0 Å². The van der Waals surface area contributed by atoms with Gasteiger partial charge in [-0.1, -0.05) is 0 Å². The monoisotopic (exact) mass is 370 g/mol. The van der Waals surface area contributed by atoms with Crippen LogP contribution in [0.25, 0.3) is 0 Å². The molecule has 0 fully saturated rings. The van der Waals surface area contributed by atoms with E-state index in [9.17, 15) is 20.2 Å². The Bertz CT molecular complexity index is 203. The van der Waals surface area contributed by atoms with Crippen LogP contribution in [0.3, 0.4) is 0 Å². The Labute approximate surface area is 90.8 Å². The van der Waals surface area contributed by atoms with Gasteiger partial charge in [-0.15, -0.1) is 0 Å². The van der Waals surface area contributed by atoms with Gasteiger partial charge >= 0.3 is 7.99 Å². The average Bonchev–Trinajstić information content (AvgIpc) is 1.86. The molecule has 0 saturated carbocycles. The van der Waals surface area contributed by atoms with E-state index >= 15 is 0 Å². The minimum Gasteiger partial charge on any atom is -0.314 e. The molecule has 0 rings (SSSR count). The highest BCUT2D eigenvalue weighted by Crippen LogP contribution is 2.42. The largest absolute Gasteiger partial charge is 0.468 e. The third-order valence-corrected chi connectivity index (χ3v) is 4.47. The first kappa shape index (κ1) is 12.2. The smallest absolute Gasteiger partial charge is 0.314 e. The molecule has 0 aliphatic heterocycles. The van der Waals surface area contributed by atoms with Crippen molar-refractivity contribution in [2.45, 2.75) is 7.99 Å². The topological polar surface area (TPSA) is 107 Å². The van der Waals surface area contributed by atoms with E-state index in [4.69, 9.17) is 5.11 Å². The van der Waals surface area contributed by atoms with Crippen LogP contribution < -0.4 is 0 Å². The number of alkyl halides is 3. The molecule has 0 spiro atoms. The summed E-state index contributed by atoms with van der Waals surface area (Å²) < 4.78 is -5.38. The van der Waals surface area contributed by atoms with Crippen LogP contribution in [0.2, 0.25) is 0 Å². The van der Waals surface area contributed by atoms with Crippen LogP contribution in [0, 0.1) is 20.2 Å². The van der Waals surface area contributed by atoms with Gasteiger partial charge in [0.1, 0.15) is 0 Å². The highest BCUT2D eigenvalue weighted by Gasteiger charge is 2.67. The summed E-state index contributed by atoms with van der Waals surface area (Å²) in [5.74, 6) is 0. The maximum absolute atomic E-state index is 10.2. The first-order valence-electron chi connectivity index (χ1n) is 2.22. The zero-order valence-corrected chi connectivity index (χ0v) is 9.87. The van der Waals surface area contributed by atoms with Gasteiger partial charge < -0.3 is 5.11 Å². The van der Waals surface area contributed by atoms with Crippen LogP contribution in [0.15, 0.2) is 0 Å². The number of aliphatic hydroxyl groups is 1. The predicted octanol–water partition coefficient (Wildman–Crippen LogP) is 1.02. The molecule has 1 unspecified atom stereocenters. The Balaban J connectivity index is 5.01. The summed E-state index contributed by atoms with van der Waals surface area (Å²) in [5.41, 5.74) is 0. The molecule has 12 heavy (non-hydrogen) atoms. The fraction of sp³-hybridized carbons (Fsp3) is 1.00. The molecule has 0 aromatic carbocycles. The second-order valence-electron chi connectivity index (χ2n) is 1.64. The number of rotatable bonds is 3. The maximum atomic E-state index is 10.2. The van der Waals surface area contributed by atoms with Crippen LogP contribution in [-0.4, -0.2) is 22.9 Å². The fourth-order valence-electron chi connectivity index (χ4n) is 0.226. The Hall–Kier alpha value is 0.200. The van der Waals surface area contributed by atoms with Crippen LogP contribution in [-0.2, 0) is 0 Å². The van der Waals surface area contributed by atoms with Gasteiger partial charge in [0.15, 0.2) is 0 Å². The lowest BCUT2D eigenvalue weighted by molar-refractivity contribution is -0.653. The molecule has 1 N–H and O–H groups in total. The van der Waals surface area contributed by atoms with Crippen molar-refractivity contribution >= 4 is 47.8 Å². The van der Waals surface area contributed by atoms with Gasteiger partial charge in [-0.25, -0.2) is 0 Å². The van der Waals surface area contributed by atoms with Gasteiger partial charge in [-0.2, -0.15) is 0 Å². The van der Waals surface area contributed by atoms with Crippen molar-refractivity contribution in [1.29, 1.82) is 0 Å². The van der Waals surface area contributed by atoms with Gasteiger partial charge in [0.2, 0.25) is 0 Å². The van der Waals surface area contributed by atoms with E-state index in [0.29, 0.717) is 0 Å². The third kappa shape index (κ3) is 1.92. The van der Waals surface area contributed by atoms with Crippen molar-refractivity contribution in [1.82, 2.24) is 0 Å². The number of nitro groups is 2. The zero-order valence-electron chi connectivity index (χ0n) is 5.11. The van der Waals surface area contributed by atoms with Crippen molar-refractivity contribution in [3.63, 3.8) is 0 Å². The number of hydrogen-bond acceptors (Lipinski definition) is 5. The minimum atomic E-state index is -2.91. The van der Waals surface area contributed by atoms with Gasteiger partial charge in [0, 0.05) is 47.8 Å². The fourth-order valence-corrected chi connectivity index (χ4v) is 0.660. The molecule has 0 amide bonds. The number of hydrogen-bond donors (Lipinski definition) is 1. The molecule has 7 nitrogen and oxygen atoms in total. The molecule has 0 saturated heterocycles. The van der Waals surface area contributed by atoms with E-state index in [1.165, 1.54) is 0 Å². The molecule has 0 radical (unpaired) electrons. The molecule has 0 aliphatic carbocycles. The summed E-state index contributed by atoms with van der Waals surface area (Å²) >= 11 is 6.88. The van der Waals surface area contributed by atoms with Crippen molar-refractivity contribution < 1.29 is 15.0 Å². The number of halogens is 3. The Morgan fingerprint density at radius 1 is 1.08 bits per heavy atom. The lowest BCUT2D eigenvalue weighted by Gasteiger charge is -2.18. The molecule has 0 aromatic rings. The lowest BCUT2D eigenvalue weighted by atomic mass is 10.6. The summed E-state index contributed by atoms with van der Waals surface area (Å²) in [4.78, 5) is 18.0. The maximum Gasteiger partial charge on any atom is 0.468 e. The molecule has 10 heteroatoms. The van der Waals surface area contributed by atoms with Crippen LogP contribution >= 0.6 is 47.8 Å². The van der Waals surface area contributed by atoms with Gasteiger partial charge in [-0.3, -0.25) is 20.2 Å². The van der Waals surface area contributed by atoms with E-state index in [-0.39, 0.29) is 0 Å². The van der Waals surface area contributed by atoms with E-state index < -0.39 is 17.8 Å². The molecular weight excluding hydrogens is 372 g/mol. The first-order valence-corrected chi connectivity index (χ1v) is 4.60. The summed E-state index contributed by atoms with van der Waals surface area (Å²) in [7, 11) is 0. The van der Waals surface area contributed by atoms with E-state index in [0.717, 1.165) is 0 Å². The van der Waals surface area contributed by atoms with Crippen molar-refractivity contribution in [2.75, 3.05) is 0 Å². The van der Waals surface area contributed by atoms with Gasteiger partial charge in [-0.05, 0) is 0 Å². The zero-order chi connectivity index (χ0) is 10.2. The quantitative estimate of drug-likeness (QED) is 0.262. The summed E-state index contributed by atoms with van der Waals surface area (Å²) in [6, 6.07) is 0. The molecule has 0 aromatic heterocycles. The minimum absolute atomic E-state index is 1.09. The standard InChI is InChI=1S/C2HBr3N2O5/c3-1(4,6(9)10)2(5,8)7(11)12/h8H. The van der Waals surface area contributed by atoms with Crippen LogP contribution in [0.4, 0.5) is 0 Å². The third-order valence-electron chi connectivity index (χ3n) is 0.854. The normalized spacial score (nSPS) is 16.7. The van der Waals surface area contributed by atoms with Gasteiger partial charge in [0.05, 0.1) is 9.85 Å². The highest BCUT2D eigenvalue weighted by atomic mass is 79.9. The van der Waals surface area contributed by atoms with Crippen LogP contribution in [0.1, 0.15) is 0 Å². The average molecular weight is 373 g/mol. The molecule has 0 heterocycles. The number of nitrogens with zero attached hydrogens (tertiary/aromatic N) is 2. The van der Waals surface area contributed by atoms with Crippen molar-refractivity contribution in [2.24, 2.45) is 0 Å². The molecular formula is C2HBr3N2O5. The lowest BCUT2D eigenvalue weighted by Crippen LogP contribution is -2.51. The van der Waals surface area contributed by atoms with Crippen molar-refractivity contribution in [3.05, 3.63) is 20.2 Å². The Morgan fingerprint density at radius 3 is 1.50 bits per heavy atom. The Kier molecular flexibility index (Phi) is 3.58. The SMILES string of the molecule is O=[N+]([O-])C(O)(Br)C(Br)(Br)[N+](=O)[O-]. The van der Waals surface area contributed by atoms with Crippen LogP contribution in [0.5, 0.6) is 0 Å². The van der Waals surface area contributed by atoms with E-state index in [1.807, 2.05) is 0 Å². The Morgan fingerprint density at radius 2 is 1.42 bits per heavy atom. The summed E-state index contributed by atoms with van der Waals surface area (Å²) in [6.07, 6.45) is 0. The summed E-state index contributed by atoms with van der Waals surface area (Å²) in [6.45, 7) is 0. The molecule has 1 atom stereocenters. The summed E-state index contributed by atoms with van der Waals surface area (Å²) in [5, 5.41) is 29.3. The molecule has 70 valence electrons. The molecule has 0 bridgehead atoms. The second-order valence-corrected chi connectivity index (χ2v) is 6.11. The van der Waals surface area contributed by atoms with E-state index in [1.54, 1.807) is 0 Å². The highest BCUT2D eigenvalue weighted by molar-refractivity contribution is 9.26. The van der Waals surface area contributed by atoms with Gasteiger partial charge in [0.25, 0.3) is 0 Å². The van der Waals surface area contributed by atoms with E-state index in [2.05, 4.69) is 47.8 Å². The predicted molar refractivity (Wildman–Crippen MR) is 48.5 cm³/mol.